The smallest absolute Gasteiger partial charge is 0.408 e. The number of hydrogen-bond acceptors (Lipinski definition) is 7. The highest BCUT2D eigenvalue weighted by Gasteiger charge is 2.38. The first-order valence-electron chi connectivity index (χ1n) is 15.2. The summed E-state index contributed by atoms with van der Waals surface area (Å²) in [4.78, 5) is 20.7. The van der Waals surface area contributed by atoms with E-state index in [1.807, 2.05) is 34.6 Å². The van der Waals surface area contributed by atoms with E-state index < -0.39 is 26.1 Å². The number of piperidine rings is 1. The van der Waals surface area contributed by atoms with Gasteiger partial charge in [-0.3, -0.25) is 0 Å². The number of benzene rings is 1. The van der Waals surface area contributed by atoms with Crippen molar-refractivity contribution in [1.29, 1.82) is 0 Å². The molecule has 0 bridgehead atoms. The van der Waals surface area contributed by atoms with Gasteiger partial charge in [0, 0.05) is 30.2 Å². The Bertz CT molecular complexity index is 1370. The number of amides is 1. The number of aromatic nitrogens is 3. The van der Waals surface area contributed by atoms with Crippen LogP contribution in [-0.2, 0) is 9.16 Å². The number of likely N-dealkylation sites (tertiary alicyclic amines) is 1. The zero-order chi connectivity index (χ0) is 31.0. The van der Waals surface area contributed by atoms with Crippen molar-refractivity contribution in [3.05, 3.63) is 35.5 Å². The van der Waals surface area contributed by atoms with Gasteiger partial charge in [0.05, 0.1) is 16.7 Å². The Kier molecular flexibility index (Phi) is 9.30. The number of nitrogens with one attached hydrogen (secondary N) is 1. The average Bonchev–Trinajstić information content (AvgIpc) is 3.40. The Hall–Kier alpha value is -2.69. The lowest BCUT2D eigenvalue weighted by atomic mass is 10.0. The molecule has 0 unspecified atom stereocenters. The number of alkyl carbamates (subject to hydrolysis) is 1. The number of carbonyl (C=O) groups excluding carboxylic acids is 1. The molecule has 0 saturated carbocycles. The number of imidazole rings is 1. The van der Waals surface area contributed by atoms with Crippen molar-refractivity contribution >= 4 is 25.4 Å². The molecule has 9 nitrogen and oxygen atoms in total. The van der Waals surface area contributed by atoms with Gasteiger partial charge in [0.2, 0.25) is 0 Å². The van der Waals surface area contributed by atoms with Crippen LogP contribution in [0.15, 0.2) is 22.7 Å². The van der Waals surface area contributed by atoms with Crippen LogP contribution in [0, 0.1) is 13.8 Å². The first-order valence-corrected chi connectivity index (χ1v) is 18.1. The number of nitrogens with zero attached hydrogens (tertiary/aromatic N) is 4. The van der Waals surface area contributed by atoms with Crippen LogP contribution in [0.4, 0.5) is 4.79 Å². The normalized spacial score (nSPS) is 16.6. The van der Waals surface area contributed by atoms with Crippen LogP contribution in [0.2, 0.25) is 18.1 Å². The zero-order valence-corrected chi connectivity index (χ0v) is 28.6. The van der Waals surface area contributed by atoms with Crippen LogP contribution in [0.25, 0.3) is 22.2 Å². The maximum atomic E-state index is 13.2. The summed E-state index contributed by atoms with van der Waals surface area (Å²) in [7, 11) is 0.178. The number of hydrogen-bond donors (Lipinski definition) is 1. The van der Waals surface area contributed by atoms with E-state index in [9.17, 15) is 4.79 Å². The minimum atomic E-state index is -1.99. The maximum absolute atomic E-state index is 13.2. The lowest BCUT2D eigenvalue weighted by molar-refractivity contribution is 0.0675. The third-order valence-electron chi connectivity index (χ3n) is 8.76. The molecule has 0 radical (unpaired) electrons. The summed E-state index contributed by atoms with van der Waals surface area (Å²) in [5, 5.41) is 7.22. The predicted molar refractivity (Wildman–Crippen MR) is 170 cm³/mol. The number of carbonyl (C=O) groups is 1. The summed E-state index contributed by atoms with van der Waals surface area (Å²) in [6.07, 6.45) is 1.52. The lowest BCUT2D eigenvalue weighted by Gasteiger charge is -2.36. The molecule has 1 saturated heterocycles. The fraction of sp³-hybridized carbons (Fsp3) is 0.656. The second-order valence-electron chi connectivity index (χ2n) is 14.4. The minimum Gasteiger partial charge on any atom is -0.438 e. The third kappa shape index (κ3) is 7.26. The Balaban J connectivity index is 1.78. The molecule has 3 heterocycles. The van der Waals surface area contributed by atoms with Crippen molar-refractivity contribution in [2.75, 3.05) is 26.7 Å². The highest BCUT2D eigenvalue weighted by Crippen LogP contribution is 2.39. The molecule has 232 valence electrons. The van der Waals surface area contributed by atoms with Gasteiger partial charge >= 0.3 is 6.09 Å². The molecule has 0 spiro atoms. The molecule has 1 aliphatic rings. The molecule has 1 aromatic carbocycles. The first-order chi connectivity index (χ1) is 19.5. The van der Waals surface area contributed by atoms with Gasteiger partial charge in [0.15, 0.2) is 20.2 Å². The van der Waals surface area contributed by atoms with Crippen LogP contribution in [0.3, 0.4) is 0 Å². The van der Waals surface area contributed by atoms with E-state index in [1.54, 1.807) is 0 Å². The number of ether oxygens (including phenoxy) is 1. The van der Waals surface area contributed by atoms with E-state index >= 15 is 0 Å². The van der Waals surface area contributed by atoms with Crippen LogP contribution < -0.4 is 5.32 Å². The van der Waals surface area contributed by atoms with Crippen molar-refractivity contribution < 1.29 is 18.5 Å². The van der Waals surface area contributed by atoms with E-state index in [0.29, 0.717) is 13.0 Å². The second kappa shape index (κ2) is 12.1. The number of fused-ring (bicyclic) bond motifs is 1. The van der Waals surface area contributed by atoms with Crippen molar-refractivity contribution in [2.45, 2.75) is 110 Å². The standard InChI is InChI=1S/C32H51N5O4Si/c1-21-28(22(2)41-35-21)23-12-13-26-25(20-23)33-29(37(26)24-14-17-36(9)18-15-24)27(40-30(38)34-31(3,4)5)16-19-39-42(10,11)32(6,7)8/h12-13,20,24,27H,14-19H2,1-11H3,(H,34,38)/t27-/m0/s1. The van der Waals surface area contributed by atoms with E-state index in [4.69, 9.17) is 18.7 Å². The molecule has 3 aromatic rings. The van der Waals surface area contributed by atoms with Crippen molar-refractivity contribution in [1.82, 2.24) is 24.9 Å². The predicted octanol–water partition coefficient (Wildman–Crippen LogP) is 7.55. The van der Waals surface area contributed by atoms with E-state index in [2.05, 4.69) is 79.1 Å². The van der Waals surface area contributed by atoms with E-state index in [-0.39, 0.29) is 11.1 Å². The van der Waals surface area contributed by atoms with Crippen LogP contribution in [-0.4, -0.2) is 66.3 Å². The molecule has 1 aliphatic heterocycles. The molecule has 4 rings (SSSR count). The summed E-state index contributed by atoms with van der Waals surface area (Å²) in [5.74, 6) is 1.56. The lowest BCUT2D eigenvalue weighted by Crippen LogP contribution is -2.42. The Morgan fingerprint density at radius 2 is 1.81 bits per heavy atom. The van der Waals surface area contributed by atoms with Gasteiger partial charge in [0.1, 0.15) is 5.76 Å². The zero-order valence-electron chi connectivity index (χ0n) is 27.6. The average molecular weight is 598 g/mol. The topological polar surface area (TPSA) is 94.7 Å². The molecule has 0 aliphatic carbocycles. The molecule has 1 atom stereocenters. The van der Waals surface area contributed by atoms with Crippen LogP contribution in [0.5, 0.6) is 0 Å². The maximum Gasteiger partial charge on any atom is 0.408 e. The molecule has 1 fully saturated rings. The molecular weight excluding hydrogens is 546 g/mol. The first kappa shape index (κ1) is 32.2. The Morgan fingerprint density at radius 3 is 2.38 bits per heavy atom. The SMILES string of the molecule is Cc1noc(C)c1-c1ccc2c(c1)nc([C@H](CCO[Si](C)(C)C(C)(C)C)OC(=O)NC(C)(C)C)n2C1CCN(C)CC1. The quantitative estimate of drug-likeness (QED) is 0.268. The number of aryl methyl sites for hydroxylation is 2. The van der Waals surface area contributed by atoms with Crippen molar-refractivity contribution in [3.8, 4) is 11.1 Å². The summed E-state index contributed by atoms with van der Waals surface area (Å²) < 4.78 is 20.6. The molecule has 1 N–H and O–H groups in total. The summed E-state index contributed by atoms with van der Waals surface area (Å²) in [6, 6.07) is 6.62. The van der Waals surface area contributed by atoms with Crippen molar-refractivity contribution in [3.63, 3.8) is 0 Å². The van der Waals surface area contributed by atoms with Gasteiger partial charge < -0.3 is 28.5 Å². The van der Waals surface area contributed by atoms with Gasteiger partial charge in [-0.05, 0) is 103 Å². The molecule has 10 heteroatoms. The molecular formula is C32H51N5O4Si. The monoisotopic (exact) mass is 597 g/mol. The van der Waals surface area contributed by atoms with Gasteiger partial charge in [-0.1, -0.05) is 32.0 Å². The van der Waals surface area contributed by atoms with Gasteiger partial charge in [-0.15, -0.1) is 0 Å². The van der Waals surface area contributed by atoms with Crippen LogP contribution >= 0.6 is 0 Å². The number of rotatable bonds is 8. The highest BCUT2D eigenvalue weighted by molar-refractivity contribution is 6.74. The molecule has 42 heavy (non-hydrogen) atoms. The highest BCUT2D eigenvalue weighted by atomic mass is 28.4. The van der Waals surface area contributed by atoms with Gasteiger partial charge in [-0.2, -0.15) is 0 Å². The Labute approximate surface area is 252 Å². The fourth-order valence-corrected chi connectivity index (χ4v) is 6.44. The van der Waals surface area contributed by atoms with Crippen molar-refractivity contribution in [2.24, 2.45) is 0 Å². The Morgan fingerprint density at radius 1 is 1.14 bits per heavy atom. The van der Waals surface area contributed by atoms with Gasteiger partial charge in [-0.25, -0.2) is 9.78 Å². The summed E-state index contributed by atoms with van der Waals surface area (Å²) in [6.45, 7) is 23.5. The summed E-state index contributed by atoms with van der Waals surface area (Å²) >= 11 is 0. The van der Waals surface area contributed by atoms with E-state index in [0.717, 1.165) is 65.4 Å². The van der Waals surface area contributed by atoms with Gasteiger partial charge in [0.25, 0.3) is 0 Å². The van der Waals surface area contributed by atoms with E-state index in [1.165, 1.54) is 0 Å². The second-order valence-corrected chi connectivity index (χ2v) is 19.3. The largest absolute Gasteiger partial charge is 0.438 e. The molecule has 2 aromatic heterocycles. The summed E-state index contributed by atoms with van der Waals surface area (Å²) in [5.41, 5.74) is 4.36. The third-order valence-corrected chi connectivity index (χ3v) is 13.3. The fourth-order valence-electron chi connectivity index (χ4n) is 5.38. The minimum absolute atomic E-state index is 0.0862. The molecule has 1 amide bonds. The van der Waals surface area contributed by atoms with Crippen LogP contribution in [0.1, 0.15) is 90.2 Å².